The molecule has 1 aliphatic rings. The van der Waals surface area contributed by atoms with Crippen LogP contribution in [0.3, 0.4) is 0 Å². The van der Waals surface area contributed by atoms with Gasteiger partial charge in [0, 0.05) is 45.0 Å². The lowest BCUT2D eigenvalue weighted by atomic mass is 10.2. The number of rotatable bonds is 2. The monoisotopic (exact) mass is 193 g/mol. The van der Waals surface area contributed by atoms with Crippen LogP contribution >= 0.6 is 0 Å². The molecule has 0 bridgehead atoms. The SMILES string of the molecule is O=c1cc(CN2CCNCC2)cc[nH]1. The Hall–Kier alpha value is -1.13. The molecule has 2 rings (SSSR count). The first kappa shape index (κ1) is 9.43. The Morgan fingerprint density at radius 1 is 1.36 bits per heavy atom. The normalized spacial score (nSPS) is 18.3. The molecule has 1 aromatic rings. The molecule has 1 aromatic heterocycles. The Morgan fingerprint density at radius 3 is 2.86 bits per heavy atom. The highest BCUT2D eigenvalue weighted by Gasteiger charge is 2.09. The van der Waals surface area contributed by atoms with E-state index in [0.29, 0.717) is 0 Å². The maximum Gasteiger partial charge on any atom is 0.248 e. The van der Waals surface area contributed by atoms with Crippen molar-refractivity contribution in [3.8, 4) is 0 Å². The second-order valence-electron chi connectivity index (χ2n) is 3.59. The van der Waals surface area contributed by atoms with Crippen LogP contribution in [0.5, 0.6) is 0 Å². The van der Waals surface area contributed by atoms with Crippen LogP contribution in [0.4, 0.5) is 0 Å². The first-order valence-corrected chi connectivity index (χ1v) is 4.95. The van der Waals surface area contributed by atoms with Crippen LogP contribution in [0, 0.1) is 0 Å². The summed E-state index contributed by atoms with van der Waals surface area (Å²) in [6, 6.07) is 3.63. The van der Waals surface area contributed by atoms with Gasteiger partial charge in [0.05, 0.1) is 0 Å². The second kappa shape index (κ2) is 4.39. The van der Waals surface area contributed by atoms with Crippen molar-refractivity contribution in [3.05, 3.63) is 34.2 Å². The molecule has 76 valence electrons. The largest absolute Gasteiger partial charge is 0.329 e. The van der Waals surface area contributed by atoms with E-state index in [0.717, 1.165) is 38.3 Å². The van der Waals surface area contributed by atoms with Gasteiger partial charge in [-0.15, -0.1) is 0 Å². The molecule has 4 nitrogen and oxygen atoms in total. The highest BCUT2D eigenvalue weighted by molar-refractivity contribution is 5.09. The molecule has 0 saturated carbocycles. The van der Waals surface area contributed by atoms with Gasteiger partial charge in [-0.3, -0.25) is 9.69 Å². The summed E-state index contributed by atoms with van der Waals surface area (Å²) in [6.07, 6.45) is 1.71. The third kappa shape index (κ3) is 2.43. The smallest absolute Gasteiger partial charge is 0.248 e. The molecule has 0 radical (unpaired) electrons. The Morgan fingerprint density at radius 2 is 2.14 bits per heavy atom. The summed E-state index contributed by atoms with van der Waals surface area (Å²) >= 11 is 0. The van der Waals surface area contributed by atoms with Gasteiger partial charge in [-0.25, -0.2) is 0 Å². The molecule has 0 aliphatic carbocycles. The van der Waals surface area contributed by atoms with Crippen molar-refractivity contribution in [2.75, 3.05) is 26.2 Å². The van der Waals surface area contributed by atoms with Crippen LogP contribution < -0.4 is 10.9 Å². The fourth-order valence-electron chi connectivity index (χ4n) is 1.71. The number of hydrogen-bond donors (Lipinski definition) is 2. The van der Waals surface area contributed by atoms with Gasteiger partial charge in [0.1, 0.15) is 0 Å². The summed E-state index contributed by atoms with van der Waals surface area (Å²) in [7, 11) is 0. The number of aromatic nitrogens is 1. The summed E-state index contributed by atoms with van der Waals surface area (Å²) in [4.78, 5) is 16.0. The fraction of sp³-hybridized carbons (Fsp3) is 0.500. The lowest BCUT2D eigenvalue weighted by Crippen LogP contribution is -2.42. The van der Waals surface area contributed by atoms with Crippen molar-refractivity contribution in [3.63, 3.8) is 0 Å². The molecule has 2 N–H and O–H groups in total. The van der Waals surface area contributed by atoms with E-state index in [9.17, 15) is 4.79 Å². The highest BCUT2D eigenvalue weighted by Crippen LogP contribution is 2.01. The van der Waals surface area contributed by atoms with Gasteiger partial charge in [-0.05, 0) is 11.6 Å². The van der Waals surface area contributed by atoms with Crippen molar-refractivity contribution >= 4 is 0 Å². The third-order valence-corrected chi connectivity index (χ3v) is 2.46. The van der Waals surface area contributed by atoms with Crippen molar-refractivity contribution in [1.29, 1.82) is 0 Å². The predicted molar refractivity (Wildman–Crippen MR) is 55.2 cm³/mol. The van der Waals surface area contributed by atoms with Gasteiger partial charge in [0.25, 0.3) is 0 Å². The molecule has 2 heterocycles. The Kier molecular flexibility index (Phi) is 2.96. The number of nitrogens with one attached hydrogen (secondary N) is 2. The topological polar surface area (TPSA) is 48.1 Å². The second-order valence-corrected chi connectivity index (χ2v) is 3.59. The number of hydrogen-bond acceptors (Lipinski definition) is 3. The summed E-state index contributed by atoms with van der Waals surface area (Å²) in [5.41, 5.74) is 1.08. The van der Waals surface area contributed by atoms with Crippen molar-refractivity contribution in [1.82, 2.24) is 15.2 Å². The van der Waals surface area contributed by atoms with E-state index in [2.05, 4.69) is 15.2 Å². The number of nitrogens with zero attached hydrogens (tertiary/aromatic N) is 1. The van der Waals surface area contributed by atoms with Gasteiger partial charge in [-0.1, -0.05) is 0 Å². The van der Waals surface area contributed by atoms with Crippen LogP contribution in [0.15, 0.2) is 23.1 Å². The van der Waals surface area contributed by atoms with E-state index in [1.807, 2.05) is 6.07 Å². The average Bonchev–Trinajstić information content (AvgIpc) is 2.19. The first-order valence-electron chi connectivity index (χ1n) is 4.95. The molecule has 1 saturated heterocycles. The van der Waals surface area contributed by atoms with Crippen LogP contribution in [-0.4, -0.2) is 36.1 Å². The molecule has 0 aromatic carbocycles. The van der Waals surface area contributed by atoms with E-state index >= 15 is 0 Å². The standard InChI is InChI=1S/C10H15N3O/c14-10-7-9(1-2-12-10)8-13-5-3-11-4-6-13/h1-2,7,11H,3-6,8H2,(H,12,14). The molecule has 0 amide bonds. The minimum Gasteiger partial charge on any atom is -0.329 e. The van der Waals surface area contributed by atoms with Crippen molar-refractivity contribution in [2.45, 2.75) is 6.54 Å². The van der Waals surface area contributed by atoms with Gasteiger partial charge in [-0.2, -0.15) is 0 Å². The molecule has 1 fully saturated rings. The Balaban J connectivity index is 1.99. The lowest BCUT2D eigenvalue weighted by Gasteiger charge is -2.26. The molecule has 0 spiro atoms. The van der Waals surface area contributed by atoms with Gasteiger partial charge in [0.2, 0.25) is 5.56 Å². The van der Waals surface area contributed by atoms with E-state index in [1.165, 1.54) is 0 Å². The predicted octanol–water partition coefficient (Wildman–Crippen LogP) is -0.220. The van der Waals surface area contributed by atoms with E-state index in [-0.39, 0.29) is 5.56 Å². The third-order valence-electron chi connectivity index (χ3n) is 2.46. The zero-order valence-corrected chi connectivity index (χ0v) is 8.12. The van der Waals surface area contributed by atoms with Crippen molar-refractivity contribution in [2.24, 2.45) is 0 Å². The van der Waals surface area contributed by atoms with Gasteiger partial charge >= 0.3 is 0 Å². The zero-order chi connectivity index (χ0) is 9.80. The van der Waals surface area contributed by atoms with Crippen LogP contribution in [0.2, 0.25) is 0 Å². The van der Waals surface area contributed by atoms with Gasteiger partial charge in [0.15, 0.2) is 0 Å². The number of piperazine rings is 1. The highest BCUT2D eigenvalue weighted by atomic mass is 16.1. The van der Waals surface area contributed by atoms with E-state index in [4.69, 9.17) is 0 Å². The van der Waals surface area contributed by atoms with Crippen molar-refractivity contribution < 1.29 is 0 Å². The quantitative estimate of drug-likeness (QED) is 0.682. The summed E-state index contributed by atoms with van der Waals surface area (Å²) < 4.78 is 0. The van der Waals surface area contributed by atoms with Gasteiger partial charge < -0.3 is 10.3 Å². The minimum absolute atomic E-state index is 0.0161. The average molecular weight is 193 g/mol. The summed E-state index contributed by atoms with van der Waals surface area (Å²) in [6.45, 7) is 5.09. The number of H-pyrrole nitrogens is 1. The maximum absolute atomic E-state index is 11.0. The first-order chi connectivity index (χ1) is 6.84. The molecule has 4 heteroatoms. The van der Waals surface area contributed by atoms with Crippen LogP contribution in [0.1, 0.15) is 5.56 Å². The molecule has 1 aliphatic heterocycles. The summed E-state index contributed by atoms with van der Waals surface area (Å²) in [5.74, 6) is 0. The van der Waals surface area contributed by atoms with E-state index in [1.54, 1.807) is 12.3 Å². The zero-order valence-electron chi connectivity index (χ0n) is 8.12. The van der Waals surface area contributed by atoms with Crippen LogP contribution in [-0.2, 0) is 6.54 Å². The molecular formula is C10H15N3O. The minimum atomic E-state index is -0.0161. The Bertz CT molecular complexity index is 341. The lowest BCUT2D eigenvalue weighted by molar-refractivity contribution is 0.233. The summed E-state index contributed by atoms with van der Waals surface area (Å²) in [5, 5.41) is 3.30. The molecule has 14 heavy (non-hydrogen) atoms. The molecular weight excluding hydrogens is 178 g/mol. The Labute approximate surface area is 82.9 Å². The number of pyridine rings is 1. The maximum atomic E-state index is 11.0. The van der Waals surface area contributed by atoms with E-state index < -0.39 is 0 Å². The molecule has 0 unspecified atom stereocenters. The van der Waals surface area contributed by atoms with Crippen LogP contribution in [0.25, 0.3) is 0 Å². The number of aromatic amines is 1. The fourth-order valence-corrected chi connectivity index (χ4v) is 1.71. The molecule has 0 atom stereocenters.